The van der Waals surface area contributed by atoms with Crippen molar-refractivity contribution in [2.75, 3.05) is 11.1 Å². The maximum atomic E-state index is 12.3. The number of aryl methyl sites for hydroxylation is 2. The van der Waals surface area contributed by atoms with Crippen molar-refractivity contribution in [3.63, 3.8) is 0 Å². The number of benzene rings is 1. The molecular formula is C15H16ClN3OS. The number of hydrogen-bond acceptors (Lipinski definition) is 4. The van der Waals surface area contributed by atoms with E-state index in [2.05, 4.69) is 15.3 Å². The second-order valence-corrected chi connectivity index (χ2v) is 6.25. The van der Waals surface area contributed by atoms with Crippen molar-refractivity contribution in [2.45, 2.75) is 25.9 Å². The highest BCUT2D eigenvalue weighted by Crippen LogP contribution is 2.20. The van der Waals surface area contributed by atoms with Gasteiger partial charge in [-0.05, 0) is 42.9 Å². The second-order valence-electron chi connectivity index (χ2n) is 4.61. The topological polar surface area (TPSA) is 54.9 Å². The van der Waals surface area contributed by atoms with Gasteiger partial charge in [0.2, 0.25) is 0 Å². The molecule has 1 amide bonds. The monoisotopic (exact) mass is 321 g/mol. The zero-order valence-electron chi connectivity index (χ0n) is 12.1. The second kappa shape index (κ2) is 6.91. The number of aromatic nitrogens is 2. The quantitative estimate of drug-likeness (QED) is 0.680. The van der Waals surface area contributed by atoms with E-state index in [1.165, 1.54) is 18.0 Å². The number of carbonyl (C=O) groups is 1. The van der Waals surface area contributed by atoms with Crippen LogP contribution in [-0.4, -0.2) is 21.6 Å². The minimum absolute atomic E-state index is 0.196. The van der Waals surface area contributed by atoms with Crippen molar-refractivity contribution in [1.82, 2.24) is 9.97 Å². The van der Waals surface area contributed by atoms with E-state index in [4.69, 9.17) is 11.6 Å². The molecule has 0 saturated heterocycles. The molecule has 2 aromatic rings. The van der Waals surface area contributed by atoms with Gasteiger partial charge in [-0.1, -0.05) is 36.4 Å². The molecule has 4 nitrogen and oxygen atoms in total. The average Bonchev–Trinajstić information content (AvgIpc) is 2.40. The van der Waals surface area contributed by atoms with Gasteiger partial charge in [0.25, 0.3) is 5.91 Å². The van der Waals surface area contributed by atoms with Crippen molar-refractivity contribution in [1.29, 1.82) is 0 Å². The molecule has 0 radical (unpaired) electrons. The third-order valence-electron chi connectivity index (χ3n) is 2.69. The van der Waals surface area contributed by atoms with Crippen LogP contribution < -0.4 is 5.32 Å². The first-order chi connectivity index (χ1) is 9.99. The number of halogens is 1. The first kappa shape index (κ1) is 15.8. The number of amides is 1. The summed E-state index contributed by atoms with van der Waals surface area (Å²) in [6.45, 7) is 5.96. The van der Waals surface area contributed by atoms with Crippen molar-refractivity contribution in [3.8, 4) is 0 Å². The lowest BCUT2D eigenvalue weighted by Crippen LogP contribution is -2.15. The van der Waals surface area contributed by atoms with Crippen LogP contribution in [0.5, 0.6) is 0 Å². The van der Waals surface area contributed by atoms with E-state index < -0.39 is 0 Å². The number of rotatable bonds is 4. The van der Waals surface area contributed by atoms with Crippen LogP contribution in [0.3, 0.4) is 0 Å². The minimum atomic E-state index is -0.328. The molecule has 1 heterocycles. The molecule has 21 heavy (non-hydrogen) atoms. The van der Waals surface area contributed by atoms with E-state index in [9.17, 15) is 4.79 Å². The molecule has 0 bridgehead atoms. The van der Waals surface area contributed by atoms with Gasteiger partial charge in [-0.3, -0.25) is 4.79 Å². The van der Waals surface area contributed by atoms with E-state index in [1.54, 1.807) is 0 Å². The highest BCUT2D eigenvalue weighted by molar-refractivity contribution is 7.99. The first-order valence-electron chi connectivity index (χ1n) is 6.54. The number of hydrogen-bond donors (Lipinski definition) is 1. The lowest BCUT2D eigenvalue weighted by molar-refractivity contribution is 0.102. The Hall–Kier alpha value is -1.59. The molecule has 0 fully saturated rings. The van der Waals surface area contributed by atoms with E-state index in [-0.39, 0.29) is 16.6 Å². The molecule has 1 aromatic carbocycles. The smallest absolute Gasteiger partial charge is 0.275 e. The maximum absolute atomic E-state index is 12.3. The third-order valence-corrected chi connectivity index (χ3v) is 3.71. The van der Waals surface area contributed by atoms with Gasteiger partial charge in [-0.25, -0.2) is 9.97 Å². The van der Waals surface area contributed by atoms with Gasteiger partial charge in [0.15, 0.2) is 10.9 Å². The summed E-state index contributed by atoms with van der Waals surface area (Å²) in [5, 5.41) is 3.62. The summed E-state index contributed by atoms with van der Waals surface area (Å²) in [4.78, 5) is 20.6. The molecule has 1 aromatic heterocycles. The van der Waals surface area contributed by atoms with Crippen molar-refractivity contribution in [2.24, 2.45) is 0 Å². The molecule has 0 saturated carbocycles. The van der Waals surface area contributed by atoms with Gasteiger partial charge >= 0.3 is 0 Å². The Bertz CT molecular complexity index is 656. The van der Waals surface area contributed by atoms with Crippen molar-refractivity contribution < 1.29 is 4.79 Å². The van der Waals surface area contributed by atoms with Crippen LogP contribution in [0.1, 0.15) is 28.5 Å². The Morgan fingerprint density at radius 3 is 2.57 bits per heavy atom. The van der Waals surface area contributed by atoms with E-state index in [1.807, 2.05) is 39.0 Å². The normalized spacial score (nSPS) is 10.5. The Morgan fingerprint density at radius 1 is 1.29 bits per heavy atom. The molecule has 6 heteroatoms. The van der Waals surface area contributed by atoms with Gasteiger partial charge in [0, 0.05) is 5.69 Å². The van der Waals surface area contributed by atoms with Crippen molar-refractivity contribution >= 4 is 35.0 Å². The number of anilines is 1. The third kappa shape index (κ3) is 4.19. The zero-order valence-corrected chi connectivity index (χ0v) is 13.7. The fourth-order valence-corrected chi connectivity index (χ4v) is 2.66. The van der Waals surface area contributed by atoms with Gasteiger partial charge in [-0.15, -0.1) is 0 Å². The van der Waals surface area contributed by atoms with Gasteiger partial charge in [-0.2, -0.15) is 0 Å². The van der Waals surface area contributed by atoms with Crippen LogP contribution in [0.2, 0.25) is 5.02 Å². The maximum Gasteiger partial charge on any atom is 0.275 e. The molecule has 0 atom stereocenters. The van der Waals surface area contributed by atoms with Gasteiger partial charge in [0.05, 0.1) is 11.2 Å². The Kier molecular flexibility index (Phi) is 5.20. The fraction of sp³-hybridized carbons (Fsp3) is 0.267. The zero-order chi connectivity index (χ0) is 15.4. The first-order valence-corrected chi connectivity index (χ1v) is 7.91. The summed E-state index contributed by atoms with van der Waals surface area (Å²) in [5.74, 6) is 0.505. The fourth-order valence-electron chi connectivity index (χ4n) is 1.95. The van der Waals surface area contributed by atoms with Crippen LogP contribution >= 0.6 is 23.4 Å². The molecule has 0 aliphatic carbocycles. The van der Waals surface area contributed by atoms with E-state index in [0.29, 0.717) is 5.16 Å². The Morgan fingerprint density at radius 2 is 1.95 bits per heavy atom. The van der Waals surface area contributed by atoms with Gasteiger partial charge < -0.3 is 5.32 Å². The van der Waals surface area contributed by atoms with Gasteiger partial charge in [0.1, 0.15) is 0 Å². The summed E-state index contributed by atoms with van der Waals surface area (Å²) in [5.41, 5.74) is 3.10. The summed E-state index contributed by atoms with van der Waals surface area (Å²) < 4.78 is 0. The van der Waals surface area contributed by atoms with E-state index in [0.717, 1.165) is 22.6 Å². The van der Waals surface area contributed by atoms with Crippen LogP contribution in [0, 0.1) is 13.8 Å². The van der Waals surface area contributed by atoms with Crippen molar-refractivity contribution in [3.05, 3.63) is 46.2 Å². The highest BCUT2D eigenvalue weighted by atomic mass is 35.5. The lowest BCUT2D eigenvalue weighted by Gasteiger charge is -2.08. The molecule has 0 unspecified atom stereocenters. The predicted molar refractivity (Wildman–Crippen MR) is 87.3 cm³/mol. The van der Waals surface area contributed by atoms with Crippen LogP contribution in [0.25, 0.3) is 0 Å². The molecular weight excluding hydrogens is 306 g/mol. The minimum Gasteiger partial charge on any atom is -0.321 e. The molecule has 2 rings (SSSR count). The molecule has 0 aliphatic rings. The SMILES string of the molecule is CCSc1ncc(Cl)c(C(=O)Nc2cc(C)cc(C)c2)n1. The highest BCUT2D eigenvalue weighted by Gasteiger charge is 2.14. The van der Waals surface area contributed by atoms with Crippen LogP contribution in [0.4, 0.5) is 5.69 Å². The van der Waals surface area contributed by atoms with E-state index >= 15 is 0 Å². The summed E-state index contributed by atoms with van der Waals surface area (Å²) in [7, 11) is 0. The lowest BCUT2D eigenvalue weighted by atomic mass is 10.1. The Labute approximate surface area is 133 Å². The molecule has 110 valence electrons. The number of nitrogens with zero attached hydrogens (tertiary/aromatic N) is 2. The summed E-state index contributed by atoms with van der Waals surface area (Å²) in [6.07, 6.45) is 1.46. The van der Waals surface area contributed by atoms with Crippen LogP contribution in [0.15, 0.2) is 29.6 Å². The Balaban J connectivity index is 2.25. The number of thioether (sulfide) groups is 1. The molecule has 0 spiro atoms. The standard InChI is InChI=1S/C15H16ClN3OS/c1-4-21-15-17-8-12(16)13(19-15)14(20)18-11-6-9(2)5-10(3)7-11/h5-8H,4H2,1-3H3,(H,18,20). The largest absolute Gasteiger partial charge is 0.321 e. The van der Waals surface area contributed by atoms with Crippen LogP contribution in [-0.2, 0) is 0 Å². The summed E-state index contributed by atoms with van der Waals surface area (Å²) >= 11 is 7.49. The molecule has 1 N–H and O–H groups in total. The number of nitrogens with one attached hydrogen (secondary N) is 1. The molecule has 0 aliphatic heterocycles. The number of carbonyl (C=O) groups excluding carboxylic acids is 1. The summed E-state index contributed by atoms with van der Waals surface area (Å²) in [6, 6.07) is 5.85. The average molecular weight is 322 g/mol. The predicted octanol–water partition coefficient (Wildman–Crippen LogP) is 4.11.